The van der Waals surface area contributed by atoms with Crippen LogP contribution in [0.4, 0.5) is 0 Å². The van der Waals surface area contributed by atoms with Gasteiger partial charge in [0.15, 0.2) is 0 Å². The molecule has 0 bridgehead atoms. The molecule has 1 aliphatic rings. The molecule has 1 N–H and O–H groups in total. The maximum atomic E-state index is 12.9. The molecule has 1 amide bonds. The average Bonchev–Trinajstić information content (AvgIpc) is 3.29. The summed E-state index contributed by atoms with van der Waals surface area (Å²) < 4.78 is 5.22. The zero-order valence-corrected chi connectivity index (χ0v) is 18.0. The van der Waals surface area contributed by atoms with E-state index in [1.807, 2.05) is 43.4 Å². The Morgan fingerprint density at radius 3 is 2.62 bits per heavy atom. The monoisotopic (exact) mass is 414 g/mol. The van der Waals surface area contributed by atoms with E-state index in [1.54, 1.807) is 30.2 Å². The highest BCUT2D eigenvalue weighted by Gasteiger charge is 2.46. The average molecular weight is 415 g/mol. The molecular weight excluding hydrogens is 388 g/mol. The zero-order chi connectivity index (χ0) is 21.1. The van der Waals surface area contributed by atoms with E-state index in [0.29, 0.717) is 17.9 Å². The van der Waals surface area contributed by atoms with Crippen molar-refractivity contribution < 1.29 is 19.4 Å². The standard InChI is InChI=1S/C22H26N2O4S/c1-14-13-15(28-4)8-9-16(14)20(25)18-19(17-7-5-12-29-17)24(22(27)21(18)26)11-6-10-23(2)3/h5,7-9,12-13,19,25H,6,10-11H2,1-4H3/b20-18-. The predicted molar refractivity (Wildman–Crippen MR) is 114 cm³/mol. The van der Waals surface area contributed by atoms with Crippen molar-refractivity contribution in [3.63, 3.8) is 0 Å². The number of thiophene rings is 1. The second kappa shape index (κ2) is 8.80. The number of carbonyl (C=O) groups is 2. The number of aliphatic hydroxyl groups is 1. The number of amides is 1. The molecule has 1 fully saturated rings. The molecule has 1 aromatic carbocycles. The Hall–Kier alpha value is -2.64. The molecule has 29 heavy (non-hydrogen) atoms. The van der Waals surface area contributed by atoms with Gasteiger partial charge in [0.2, 0.25) is 0 Å². The van der Waals surface area contributed by atoms with Crippen LogP contribution in [0.3, 0.4) is 0 Å². The van der Waals surface area contributed by atoms with Gasteiger partial charge < -0.3 is 19.6 Å². The molecule has 0 radical (unpaired) electrons. The highest BCUT2D eigenvalue weighted by Crippen LogP contribution is 2.41. The SMILES string of the molecule is COc1ccc(/C(O)=C2/C(=O)C(=O)N(CCCN(C)C)C2c2cccs2)c(C)c1. The van der Waals surface area contributed by atoms with Crippen LogP contribution in [0.1, 0.15) is 28.5 Å². The van der Waals surface area contributed by atoms with Gasteiger partial charge in [-0.3, -0.25) is 9.59 Å². The molecule has 1 saturated heterocycles. The van der Waals surface area contributed by atoms with Crippen molar-refractivity contribution >= 4 is 28.8 Å². The van der Waals surface area contributed by atoms with Crippen LogP contribution in [-0.4, -0.2) is 60.9 Å². The second-order valence-corrected chi connectivity index (χ2v) is 8.32. The molecule has 0 saturated carbocycles. The first-order chi connectivity index (χ1) is 13.8. The third-order valence-corrected chi connectivity index (χ3v) is 5.97. The van der Waals surface area contributed by atoms with Gasteiger partial charge in [0, 0.05) is 17.0 Å². The molecule has 154 valence electrons. The number of likely N-dealkylation sites (tertiary alicyclic amines) is 1. The Morgan fingerprint density at radius 2 is 2.03 bits per heavy atom. The number of hydrogen-bond donors (Lipinski definition) is 1. The van der Waals surface area contributed by atoms with Crippen molar-refractivity contribution in [1.29, 1.82) is 0 Å². The number of ketones is 1. The Labute approximate surface area is 175 Å². The Bertz CT molecular complexity index is 934. The highest BCUT2D eigenvalue weighted by atomic mass is 32.1. The Balaban J connectivity index is 2.06. The van der Waals surface area contributed by atoms with Crippen molar-refractivity contribution in [1.82, 2.24) is 9.80 Å². The highest BCUT2D eigenvalue weighted by molar-refractivity contribution is 7.10. The number of Topliss-reactive ketones (excluding diaryl/α,β-unsaturated/α-hetero) is 1. The summed E-state index contributed by atoms with van der Waals surface area (Å²) in [5.41, 5.74) is 1.44. The van der Waals surface area contributed by atoms with E-state index >= 15 is 0 Å². The summed E-state index contributed by atoms with van der Waals surface area (Å²) in [4.78, 5) is 30.2. The molecule has 0 aliphatic carbocycles. The summed E-state index contributed by atoms with van der Waals surface area (Å²) in [6.07, 6.45) is 0.740. The lowest BCUT2D eigenvalue weighted by Gasteiger charge is -2.24. The van der Waals surface area contributed by atoms with Crippen LogP contribution in [0.15, 0.2) is 41.3 Å². The van der Waals surface area contributed by atoms with E-state index in [9.17, 15) is 14.7 Å². The lowest BCUT2D eigenvalue weighted by atomic mass is 9.97. The van der Waals surface area contributed by atoms with Crippen LogP contribution in [-0.2, 0) is 9.59 Å². The molecule has 3 rings (SSSR count). The van der Waals surface area contributed by atoms with Crippen molar-refractivity contribution in [2.45, 2.75) is 19.4 Å². The van der Waals surface area contributed by atoms with Crippen molar-refractivity contribution in [3.05, 3.63) is 57.3 Å². The minimum Gasteiger partial charge on any atom is -0.507 e. The molecule has 1 aromatic heterocycles. The van der Waals surface area contributed by atoms with Gasteiger partial charge in [0.25, 0.3) is 11.7 Å². The van der Waals surface area contributed by atoms with Crippen LogP contribution in [0, 0.1) is 6.92 Å². The van der Waals surface area contributed by atoms with E-state index in [0.717, 1.165) is 23.4 Å². The van der Waals surface area contributed by atoms with E-state index in [-0.39, 0.29) is 11.3 Å². The Kier molecular flexibility index (Phi) is 6.39. The smallest absolute Gasteiger partial charge is 0.295 e. The summed E-state index contributed by atoms with van der Waals surface area (Å²) in [5, 5.41) is 13.0. The maximum Gasteiger partial charge on any atom is 0.295 e. The van der Waals surface area contributed by atoms with Crippen molar-refractivity contribution in [2.24, 2.45) is 0 Å². The number of aliphatic hydroxyl groups excluding tert-OH is 1. The van der Waals surface area contributed by atoms with Crippen LogP contribution in [0.25, 0.3) is 5.76 Å². The van der Waals surface area contributed by atoms with Crippen molar-refractivity contribution in [2.75, 3.05) is 34.3 Å². The van der Waals surface area contributed by atoms with E-state index in [1.165, 1.54) is 11.3 Å². The summed E-state index contributed by atoms with van der Waals surface area (Å²) in [5.74, 6) is -0.675. The molecule has 2 heterocycles. The maximum absolute atomic E-state index is 12.9. The van der Waals surface area contributed by atoms with Gasteiger partial charge in [-0.15, -0.1) is 11.3 Å². The molecule has 1 atom stereocenters. The van der Waals surface area contributed by atoms with Crippen LogP contribution in [0.2, 0.25) is 0 Å². The summed E-state index contributed by atoms with van der Waals surface area (Å²) >= 11 is 1.47. The lowest BCUT2D eigenvalue weighted by Crippen LogP contribution is -2.32. The number of ether oxygens (including phenoxy) is 1. The molecule has 1 aliphatic heterocycles. The molecule has 0 spiro atoms. The molecule has 6 nitrogen and oxygen atoms in total. The van der Waals surface area contributed by atoms with E-state index in [4.69, 9.17) is 4.74 Å². The quantitative estimate of drug-likeness (QED) is 0.427. The van der Waals surface area contributed by atoms with Gasteiger partial charge in [-0.05, 0) is 69.2 Å². The lowest BCUT2D eigenvalue weighted by molar-refractivity contribution is -0.139. The molecule has 2 aromatic rings. The van der Waals surface area contributed by atoms with Crippen LogP contribution < -0.4 is 4.74 Å². The largest absolute Gasteiger partial charge is 0.507 e. The summed E-state index contributed by atoms with van der Waals surface area (Å²) in [6.45, 7) is 3.09. The number of rotatable bonds is 7. The Morgan fingerprint density at radius 1 is 1.28 bits per heavy atom. The van der Waals surface area contributed by atoms with Gasteiger partial charge in [-0.1, -0.05) is 6.07 Å². The minimum atomic E-state index is -0.638. The molecular formula is C22H26N2O4S. The topological polar surface area (TPSA) is 70.1 Å². The minimum absolute atomic E-state index is 0.142. The van der Waals surface area contributed by atoms with Gasteiger partial charge in [-0.2, -0.15) is 0 Å². The molecule has 1 unspecified atom stereocenters. The number of benzene rings is 1. The van der Waals surface area contributed by atoms with E-state index in [2.05, 4.69) is 0 Å². The number of nitrogens with zero attached hydrogens (tertiary/aromatic N) is 2. The second-order valence-electron chi connectivity index (χ2n) is 7.35. The first kappa shape index (κ1) is 21.1. The van der Waals surface area contributed by atoms with Gasteiger partial charge >= 0.3 is 0 Å². The number of aryl methyl sites for hydroxylation is 1. The van der Waals surface area contributed by atoms with E-state index < -0.39 is 17.7 Å². The number of hydrogen-bond acceptors (Lipinski definition) is 6. The summed E-state index contributed by atoms with van der Waals surface area (Å²) in [6, 6.07) is 8.46. The van der Waals surface area contributed by atoms with Gasteiger partial charge in [0.05, 0.1) is 18.7 Å². The van der Waals surface area contributed by atoms with Crippen molar-refractivity contribution in [3.8, 4) is 5.75 Å². The first-order valence-electron chi connectivity index (χ1n) is 9.46. The number of methoxy groups -OCH3 is 1. The normalized spacial score (nSPS) is 18.7. The fourth-order valence-electron chi connectivity index (χ4n) is 3.58. The van der Waals surface area contributed by atoms with Gasteiger partial charge in [0.1, 0.15) is 11.5 Å². The van der Waals surface area contributed by atoms with Crippen LogP contribution >= 0.6 is 11.3 Å². The number of carbonyl (C=O) groups excluding carboxylic acids is 2. The fourth-order valence-corrected chi connectivity index (χ4v) is 4.43. The molecule has 7 heteroatoms. The first-order valence-corrected chi connectivity index (χ1v) is 10.3. The third-order valence-electron chi connectivity index (χ3n) is 5.05. The van der Waals surface area contributed by atoms with Crippen LogP contribution in [0.5, 0.6) is 5.75 Å². The fraction of sp³-hybridized carbons (Fsp3) is 0.364. The van der Waals surface area contributed by atoms with Gasteiger partial charge in [-0.25, -0.2) is 0 Å². The summed E-state index contributed by atoms with van der Waals surface area (Å²) in [7, 11) is 5.51. The predicted octanol–water partition coefficient (Wildman–Crippen LogP) is 3.44. The third kappa shape index (κ3) is 4.21. The zero-order valence-electron chi connectivity index (χ0n) is 17.1.